The van der Waals surface area contributed by atoms with Crippen LogP contribution in [0.4, 0.5) is 0 Å². The van der Waals surface area contributed by atoms with Crippen molar-refractivity contribution >= 4 is 18.0 Å². The first-order valence-electron chi connectivity index (χ1n) is 8.50. The van der Waals surface area contributed by atoms with Gasteiger partial charge in [-0.3, -0.25) is 4.79 Å². The first-order valence-corrected chi connectivity index (χ1v) is 8.50. The highest BCUT2D eigenvalue weighted by atomic mass is 16.5. The summed E-state index contributed by atoms with van der Waals surface area (Å²) in [4.78, 5) is 25.9. The summed E-state index contributed by atoms with van der Waals surface area (Å²) in [6.45, 7) is 0.950. The third-order valence-electron chi connectivity index (χ3n) is 4.36. The number of amides is 1. The van der Waals surface area contributed by atoms with Gasteiger partial charge in [0.15, 0.2) is 6.61 Å². The molecule has 1 aliphatic heterocycles. The van der Waals surface area contributed by atoms with Crippen molar-refractivity contribution in [2.24, 2.45) is 0 Å². The number of benzene rings is 2. The number of para-hydroxylation sites is 1. The monoisotopic (exact) mass is 351 g/mol. The second-order valence-corrected chi connectivity index (χ2v) is 6.02. The molecule has 0 saturated carbocycles. The minimum atomic E-state index is -0.554. The average molecular weight is 351 g/mol. The van der Waals surface area contributed by atoms with Gasteiger partial charge in [0.2, 0.25) is 0 Å². The molecule has 0 saturated heterocycles. The molecule has 1 amide bonds. The molecule has 1 aliphatic rings. The highest BCUT2D eigenvalue weighted by Crippen LogP contribution is 2.19. The highest BCUT2D eigenvalue weighted by Gasteiger charge is 2.20. The molecule has 0 unspecified atom stereocenters. The van der Waals surface area contributed by atoms with Crippen molar-refractivity contribution in [2.45, 2.75) is 13.0 Å². The molecule has 0 spiro atoms. The van der Waals surface area contributed by atoms with Crippen molar-refractivity contribution in [3.63, 3.8) is 0 Å². The normalized spacial score (nSPS) is 13.3. The van der Waals surface area contributed by atoms with E-state index in [2.05, 4.69) is 6.07 Å². The number of ether oxygens (including phenoxy) is 2. The zero-order valence-corrected chi connectivity index (χ0v) is 14.7. The molecular formula is C21H21NO4. The molecule has 134 valence electrons. The second-order valence-electron chi connectivity index (χ2n) is 6.02. The second kappa shape index (κ2) is 8.34. The molecule has 0 atom stereocenters. The summed E-state index contributed by atoms with van der Waals surface area (Å²) in [6.07, 6.45) is 3.74. The molecular weight excluding hydrogens is 330 g/mol. The molecule has 0 aliphatic carbocycles. The van der Waals surface area contributed by atoms with Crippen LogP contribution in [0, 0.1) is 0 Å². The van der Waals surface area contributed by atoms with Gasteiger partial charge in [-0.15, -0.1) is 0 Å². The number of carbonyl (C=O) groups is 2. The summed E-state index contributed by atoms with van der Waals surface area (Å²) >= 11 is 0. The fourth-order valence-corrected chi connectivity index (χ4v) is 2.94. The third-order valence-corrected chi connectivity index (χ3v) is 4.36. The molecule has 5 heteroatoms. The topological polar surface area (TPSA) is 55.8 Å². The zero-order chi connectivity index (χ0) is 18.4. The van der Waals surface area contributed by atoms with Crippen LogP contribution >= 0.6 is 0 Å². The van der Waals surface area contributed by atoms with Gasteiger partial charge in [0.1, 0.15) is 5.75 Å². The number of methoxy groups -OCH3 is 1. The minimum absolute atomic E-state index is 0.182. The summed E-state index contributed by atoms with van der Waals surface area (Å²) in [5.74, 6) is -0.0696. The van der Waals surface area contributed by atoms with Gasteiger partial charge in [-0.25, -0.2) is 4.79 Å². The molecule has 26 heavy (non-hydrogen) atoms. The maximum atomic E-state index is 12.3. The van der Waals surface area contributed by atoms with Gasteiger partial charge < -0.3 is 14.4 Å². The molecule has 0 fully saturated rings. The van der Waals surface area contributed by atoms with E-state index in [1.807, 2.05) is 42.5 Å². The summed E-state index contributed by atoms with van der Waals surface area (Å²) in [6, 6.07) is 15.4. The van der Waals surface area contributed by atoms with Crippen molar-refractivity contribution in [3.05, 3.63) is 71.3 Å². The van der Waals surface area contributed by atoms with Crippen LogP contribution in [-0.2, 0) is 27.3 Å². The molecule has 0 aromatic heterocycles. The van der Waals surface area contributed by atoms with Crippen molar-refractivity contribution in [1.82, 2.24) is 4.90 Å². The third kappa shape index (κ3) is 4.30. The van der Waals surface area contributed by atoms with Crippen molar-refractivity contribution in [1.29, 1.82) is 0 Å². The Morgan fingerprint density at radius 2 is 1.81 bits per heavy atom. The van der Waals surface area contributed by atoms with E-state index in [1.165, 1.54) is 11.6 Å². The lowest BCUT2D eigenvalue weighted by Crippen LogP contribution is -2.38. The lowest BCUT2D eigenvalue weighted by Gasteiger charge is -2.28. The summed E-state index contributed by atoms with van der Waals surface area (Å²) < 4.78 is 10.3. The fraction of sp³-hybridized carbons (Fsp3) is 0.238. The van der Waals surface area contributed by atoms with Crippen LogP contribution in [0.3, 0.4) is 0 Å². The molecule has 0 radical (unpaired) electrons. The van der Waals surface area contributed by atoms with E-state index in [9.17, 15) is 9.59 Å². The Morgan fingerprint density at radius 1 is 1.08 bits per heavy atom. The SMILES string of the molecule is COc1ccccc1/C=C/C(=O)OCC(=O)N1CCc2ccccc2C1. The van der Waals surface area contributed by atoms with Crippen LogP contribution in [0.1, 0.15) is 16.7 Å². The average Bonchev–Trinajstić information content (AvgIpc) is 2.70. The molecule has 3 rings (SSSR count). The Hall–Kier alpha value is -3.08. The van der Waals surface area contributed by atoms with Crippen molar-refractivity contribution in [3.8, 4) is 5.75 Å². The molecule has 5 nitrogen and oxygen atoms in total. The van der Waals surface area contributed by atoms with E-state index in [4.69, 9.17) is 9.47 Å². The van der Waals surface area contributed by atoms with Crippen molar-refractivity contribution < 1.29 is 19.1 Å². The van der Waals surface area contributed by atoms with E-state index in [0.29, 0.717) is 18.8 Å². The molecule has 1 heterocycles. The van der Waals surface area contributed by atoms with Gasteiger partial charge in [-0.05, 0) is 29.7 Å². The van der Waals surface area contributed by atoms with Gasteiger partial charge in [-0.2, -0.15) is 0 Å². The molecule has 2 aromatic rings. The standard InChI is InChI=1S/C21H21NO4/c1-25-19-9-5-4-7-17(19)10-11-21(24)26-15-20(23)22-13-12-16-6-2-3-8-18(16)14-22/h2-11H,12-15H2,1H3/b11-10+. The van der Waals surface area contributed by atoms with Gasteiger partial charge >= 0.3 is 5.97 Å². The smallest absolute Gasteiger partial charge is 0.331 e. The Bertz CT molecular complexity index is 828. The van der Waals surface area contributed by atoms with Gasteiger partial charge in [-0.1, -0.05) is 42.5 Å². The largest absolute Gasteiger partial charge is 0.496 e. The van der Waals surface area contributed by atoms with Crippen LogP contribution in [-0.4, -0.2) is 37.0 Å². The van der Waals surface area contributed by atoms with Crippen LogP contribution in [0.2, 0.25) is 0 Å². The zero-order valence-electron chi connectivity index (χ0n) is 14.7. The first-order chi connectivity index (χ1) is 12.7. The summed E-state index contributed by atoms with van der Waals surface area (Å²) in [7, 11) is 1.57. The molecule has 0 N–H and O–H groups in total. The molecule has 2 aromatic carbocycles. The van der Waals surface area contributed by atoms with E-state index >= 15 is 0 Å². The predicted molar refractivity (Wildman–Crippen MR) is 98.6 cm³/mol. The fourth-order valence-electron chi connectivity index (χ4n) is 2.94. The van der Waals surface area contributed by atoms with E-state index in [-0.39, 0.29) is 12.5 Å². The maximum absolute atomic E-state index is 12.3. The number of carbonyl (C=O) groups excluding carboxylic acids is 2. The number of rotatable bonds is 5. The summed E-state index contributed by atoms with van der Waals surface area (Å²) in [5, 5.41) is 0. The van der Waals surface area contributed by atoms with Crippen LogP contribution in [0.5, 0.6) is 5.75 Å². The first kappa shape index (κ1) is 17.7. The van der Waals surface area contributed by atoms with Gasteiger partial charge in [0.05, 0.1) is 7.11 Å². The summed E-state index contributed by atoms with van der Waals surface area (Å²) in [5.41, 5.74) is 3.19. The Morgan fingerprint density at radius 3 is 2.62 bits per heavy atom. The van der Waals surface area contributed by atoms with Crippen LogP contribution in [0.25, 0.3) is 6.08 Å². The van der Waals surface area contributed by atoms with Crippen LogP contribution in [0.15, 0.2) is 54.6 Å². The molecule has 0 bridgehead atoms. The highest BCUT2D eigenvalue weighted by molar-refractivity contribution is 5.89. The maximum Gasteiger partial charge on any atom is 0.331 e. The lowest BCUT2D eigenvalue weighted by molar-refractivity contribution is -0.148. The van der Waals surface area contributed by atoms with E-state index < -0.39 is 5.97 Å². The van der Waals surface area contributed by atoms with E-state index in [1.54, 1.807) is 18.1 Å². The lowest BCUT2D eigenvalue weighted by atomic mass is 10.00. The van der Waals surface area contributed by atoms with E-state index in [0.717, 1.165) is 17.5 Å². The minimum Gasteiger partial charge on any atom is -0.496 e. The van der Waals surface area contributed by atoms with Gasteiger partial charge in [0.25, 0.3) is 5.91 Å². The number of fused-ring (bicyclic) bond motifs is 1. The van der Waals surface area contributed by atoms with Crippen LogP contribution < -0.4 is 4.74 Å². The number of hydrogen-bond donors (Lipinski definition) is 0. The quantitative estimate of drug-likeness (QED) is 0.614. The van der Waals surface area contributed by atoms with Crippen molar-refractivity contribution in [2.75, 3.05) is 20.3 Å². The Kier molecular flexibility index (Phi) is 5.69. The number of hydrogen-bond acceptors (Lipinski definition) is 4. The Balaban J connectivity index is 1.52. The Labute approximate surface area is 152 Å². The number of nitrogens with zero attached hydrogens (tertiary/aromatic N) is 1. The number of esters is 1. The van der Waals surface area contributed by atoms with Gasteiger partial charge in [0, 0.05) is 24.7 Å². The predicted octanol–water partition coefficient (Wildman–Crippen LogP) is 2.84.